The summed E-state index contributed by atoms with van der Waals surface area (Å²) in [7, 11) is 1.78. The first-order valence-corrected chi connectivity index (χ1v) is 5.75. The molecule has 0 bridgehead atoms. The van der Waals surface area contributed by atoms with Crippen molar-refractivity contribution in [3.63, 3.8) is 0 Å². The van der Waals surface area contributed by atoms with Crippen LogP contribution in [0.15, 0.2) is 24.5 Å². The van der Waals surface area contributed by atoms with E-state index in [1.165, 1.54) is 0 Å². The van der Waals surface area contributed by atoms with E-state index in [0.717, 1.165) is 16.7 Å². The maximum absolute atomic E-state index is 11.9. The third-order valence-electron chi connectivity index (χ3n) is 2.61. The van der Waals surface area contributed by atoms with Crippen molar-refractivity contribution in [3.05, 3.63) is 41.2 Å². The van der Waals surface area contributed by atoms with Gasteiger partial charge in [-0.3, -0.25) is 10.1 Å². The topological polar surface area (TPSA) is 59.8 Å². The van der Waals surface area contributed by atoms with Gasteiger partial charge in [-0.15, -0.1) is 10.2 Å². The number of benzene rings is 1. The molecule has 1 aromatic heterocycles. The molecule has 1 heterocycles. The molecule has 0 unspecified atom stereocenters. The van der Waals surface area contributed by atoms with Crippen molar-refractivity contribution in [2.75, 3.05) is 5.32 Å². The number of amides is 1. The normalized spacial score (nSPS) is 10.4. The van der Waals surface area contributed by atoms with Crippen LogP contribution < -0.4 is 5.32 Å². The Kier molecular flexibility index (Phi) is 3.41. The van der Waals surface area contributed by atoms with Crippen LogP contribution in [-0.2, 0) is 18.3 Å². The highest BCUT2D eigenvalue weighted by Gasteiger charge is 2.08. The lowest BCUT2D eigenvalue weighted by Gasteiger charge is -2.06. The number of carbonyl (C=O) groups is 1. The van der Waals surface area contributed by atoms with Crippen LogP contribution in [0.4, 0.5) is 5.95 Å². The summed E-state index contributed by atoms with van der Waals surface area (Å²) in [6, 6.07) is 6.12. The van der Waals surface area contributed by atoms with Crippen molar-refractivity contribution >= 4 is 11.9 Å². The highest BCUT2D eigenvalue weighted by molar-refractivity contribution is 5.90. The summed E-state index contributed by atoms with van der Waals surface area (Å²) in [4.78, 5) is 11.9. The van der Waals surface area contributed by atoms with Crippen LogP contribution in [0.2, 0.25) is 0 Å². The molecule has 0 saturated carbocycles. The second-order valence-electron chi connectivity index (χ2n) is 4.49. The number of hydrogen-bond acceptors (Lipinski definition) is 3. The molecule has 0 saturated heterocycles. The number of anilines is 1. The van der Waals surface area contributed by atoms with Crippen LogP contribution in [0.5, 0.6) is 0 Å². The summed E-state index contributed by atoms with van der Waals surface area (Å²) in [6.45, 7) is 4.05. The maximum atomic E-state index is 11.9. The molecule has 0 aliphatic heterocycles. The Labute approximate surface area is 106 Å². The molecule has 0 radical (unpaired) electrons. The van der Waals surface area contributed by atoms with Crippen molar-refractivity contribution in [1.82, 2.24) is 14.8 Å². The fourth-order valence-corrected chi connectivity index (χ4v) is 1.92. The number of aromatic nitrogens is 3. The molecule has 2 rings (SSSR count). The van der Waals surface area contributed by atoms with E-state index in [1.807, 2.05) is 26.0 Å². The standard InChI is InChI=1S/C13H16N4O/c1-9-4-10(2)6-11(5-9)7-12(18)15-13-16-14-8-17(13)3/h4-6,8H,7H2,1-3H3,(H,15,16,18). The summed E-state index contributed by atoms with van der Waals surface area (Å²) in [6.07, 6.45) is 1.89. The molecule has 1 amide bonds. The zero-order chi connectivity index (χ0) is 13.1. The molecular formula is C13H16N4O. The van der Waals surface area contributed by atoms with Crippen molar-refractivity contribution in [2.45, 2.75) is 20.3 Å². The highest BCUT2D eigenvalue weighted by Crippen LogP contribution is 2.10. The van der Waals surface area contributed by atoms with E-state index < -0.39 is 0 Å². The molecule has 5 nitrogen and oxygen atoms in total. The van der Waals surface area contributed by atoms with Crippen LogP contribution >= 0.6 is 0 Å². The summed E-state index contributed by atoms with van der Waals surface area (Å²) in [5.41, 5.74) is 3.33. The number of rotatable bonds is 3. The number of hydrogen-bond donors (Lipinski definition) is 1. The average Bonchev–Trinajstić information content (AvgIpc) is 2.62. The van der Waals surface area contributed by atoms with Gasteiger partial charge in [0.05, 0.1) is 6.42 Å². The van der Waals surface area contributed by atoms with Gasteiger partial charge in [0.1, 0.15) is 6.33 Å². The van der Waals surface area contributed by atoms with Crippen molar-refractivity contribution in [3.8, 4) is 0 Å². The molecule has 0 fully saturated rings. The lowest BCUT2D eigenvalue weighted by atomic mass is 10.0. The molecule has 0 atom stereocenters. The number of carbonyl (C=O) groups excluding carboxylic acids is 1. The summed E-state index contributed by atoms with van der Waals surface area (Å²) in [5, 5.41) is 10.2. The minimum atomic E-state index is -0.0869. The Morgan fingerprint density at radius 3 is 2.50 bits per heavy atom. The van der Waals surface area contributed by atoms with E-state index in [9.17, 15) is 4.79 Å². The smallest absolute Gasteiger partial charge is 0.231 e. The lowest BCUT2D eigenvalue weighted by molar-refractivity contribution is -0.115. The van der Waals surface area contributed by atoms with E-state index in [0.29, 0.717) is 12.4 Å². The van der Waals surface area contributed by atoms with Crippen LogP contribution in [0.25, 0.3) is 0 Å². The molecule has 1 aromatic carbocycles. The zero-order valence-corrected chi connectivity index (χ0v) is 10.8. The van der Waals surface area contributed by atoms with Crippen molar-refractivity contribution in [1.29, 1.82) is 0 Å². The van der Waals surface area contributed by atoms with Gasteiger partial charge in [0, 0.05) is 7.05 Å². The quantitative estimate of drug-likeness (QED) is 0.892. The Morgan fingerprint density at radius 2 is 1.94 bits per heavy atom. The molecular weight excluding hydrogens is 228 g/mol. The molecule has 1 N–H and O–H groups in total. The SMILES string of the molecule is Cc1cc(C)cc(CC(=O)Nc2nncn2C)c1. The molecule has 94 valence electrons. The van der Waals surface area contributed by atoms with Gasteiger partial charge < -0.3 is 4.57 Å². The zero-order valence-electron chi connectivity index (χ0n) is 10.8. The van der Waals surface area contributed by atoms with Gasteiger partial charge in [0.25, 0.3) is 0 Å². The molecule has 5 heteroatoms. The fraction of sp³-hybridized carbons (Fsp3) is 0.308. The van der Waals surface area contributed by atoms with Crippen LogP contribution in [-0.4, -0.2) is 20.7 Å². The van der Waals surface area contributed by atoms with Gasteiger partial charge in [0.2, 0.25) is 11.9 Å². The number of nitrogens with zero attached hydrogens (tertiary/aromatic N) is 3. The third-order valence-corrected chi connectivity index (χ3v) is 2.61. The van der Waals surface area contributed by atoms with E-state index in [2.05, 4.69) is 21.6 Å². The Balaban J connectivity index is 2.05. The van der Waals surface area contributed by atoms with Crippen LogP contribution in [0.1, 0.15) is 16.7 Å². The first-order chi connectivity index (χ1) is 8.54. The molecule has 0 spiro atoms. The summed E-state index contributed by atoms with van der Waals surface area (Å²) < 4.78 is 1.67. The molecule has 2 aromatic rings. The van der Waals surface area contributed by atoms with Gasteiger partial charge in [-0.05, 0) is 19.4 Å². The van der Waals surface area contributed by atoms with E-state index in [-0.39, 0.29) is 5.91 Å². The largest absolute Gasteiger partial charge is 0.303 e. The maximum Gasteiger partial charge on any atom is 0.231 e. The molecule has 0 aliphatic carbocycles. The van der Waals surface area contributed by atoms with Gasteiger partial charge in [-0.25, -0.2) is 0 Å². The fourth-order valence-electron chi connectivity index (χ4n) is 1.92. The minimum Gasteiger partial charge on any atom is -0.303 e. The van der Waals surface area contributed by atoms with Gasteiger partial charge >= 0.3 is 0 Å². The average molecular weight is 244 g/mol. The Morgan fingerprint density at radius 1 is 1.28 bits per heavy atom. The van der Waals surface area contributed by atoms with Crippen LogP contribution in [0.3, 0.4) is 0 Å². The highest BCUT2D eigenvalue weighted by atomic mass is 16.1. The second kappa shape index (κ2) is 5.00. The predicted molar refractivity (Wildman–Crippen MR) is 69.3 cm³/mol. The van der Waals surface area contributed by atoms with E-state index in [4.69, 9.17) is 0 Å². The van der Waals surface area contributed by atoms with E-state index in [1.54, 1.807) is 17.9 Å². The molecule has 18 heavy (non-hydrogen) atoms. The lowest BCUT2D eigenvalue weighted by Crippen LogP contribution is -2.17. The number of nitrogens with one attached hydrogen (secondary N) is 1. The summed E-state index contributed by atoms with van der Waals surface area (Å²) >= 11 is 0. The van der Waals surface area contributed by atoms with Crippen LogP contribution in [0, 0.1) is 13.8 Å². The Bertz CT molecular complexity index is 554. The first kappa shape index (κ1) is 12.3. The predicted octanol–water partition coefficient (Wildman–Crippen LogP) is 1.61. The molecule has 0 aliphatic rings. The van der Waals surface area contributed by atoms with Crippen molar-refractivity contribution < 1.29 is 4.79 Å². The van der Waals surface area contributed by atoms with E-state index >= 15 is 0 Å². The monoisotopic (exact) mass is 244 g/mol. The minimum absolute atomic E-state index is 0.0869. The van der Waals surface area contributed by atoms with Gasteiger partial charge in [-0.1, -0.05) is 29.3 Å². The van der Waals surface area contributed by atoms with Gasteiger partial charge in [0.15, 0.2) is 0 Å². The Hall–Kier alpha value is -2.17. The first-order valence-electron chi connectivity index (χ1n) is 5.75. The summed E-state index contributed by atoms with van der Waals surface area (Å²) in [5.74, 6) is 0.375. The third kappa shape index (κ3) is 2.94. The number of aryl methyl sites for hydroxylation is 3. The second-order valence-corrected chi connectivity index (χ2v) is 4.49. The van der Waals surface area contributed by atoms with Gasteiger partial charge in [-0.2, -0.15) is 0 Å². The van der Waals surface area contributed by atoms with Crippen molar-refractivity contribution in [2.24, 2.45) is 7.05 Å².